The Morgan fingerprint density at radius 1 is 1.18 bits per heavy atom. The van der Waals surface area contributed by atoms with Crippen LogP contribution in [0.2, 0.25) is 0 Å². The molecular formula is C20H28N8. The topological polar surface area (TPSA) is 77.6 Å². The lowest BCUT2D eigenvalue weighted by atomic mass is 9.96. The van der Waals surface area contributed by atoms with Gasteiger partial charge in [-0.15, -0.1) is 10.2 Å². The van der Waals surface area contributed by atoms with Crippen molar-refractivity contribution in [2.24, 2.45) is 7.05 Å². The van der Waals surface area contributed by atoms with Crippen LogP contribution in [0.5, 0.6) is 0 Å². The standard InChI is InChI=1S/C20H28N8/c1-5-17-14(2)22-15(3)23-20(17)28-9-6-7-16(11-28)19-25-24-18(26(19)4)12-27-10-8-21-13-27/h8,10,13,16H,5-7,9,11-12H2,1-4H3/t16-/m0/s1. The molecule has 0 spiro atoms. The van der Waals surface area contributed by atoms with Crippen LogP contribution in [-0.2, 0) is 20.0 Å². The number of anilines is 1. The Bertz CT molecular complexity index is 944. The van der Waals surface area contributed by atoms with Crippen LogP contribution in [0.4, 0.5) is 5.82 Å². The third-order valence-corrected chi connectivity index (χ3v) is 5.63. The quantitative estimate of drug-likeness (QED) is 0.676. The van der Waals surface area contributed by atoms with E-state index in [4.69, 9.17) is 4.98 Å². The molecule has 8 heteroatoms. The second kappa shape index (κ2) is 7.69. The zero-order valence-electron chi connectivity index (χ0n) is 17.1. The molecule has 0 bridgehead atoms. The van der Waals surface area contributed by atoms with Crippen molar-refractivity contribution < 1.29 is 0 Å². The van der Waals surface area contributed by atoms with E-state index in [1.54, 1.807) is 6.20 Å². The number of aromatic nitrogens is 7. The van der Waals surface area contributed by atoms with Gasteiger partial charge in [0, 0.05) is 49.7 Å². The molecule has 0 aromatic carbocycles. The molecule has 1 saturated heterocycles. The van der Waals surface area contributed by atoms with Crippen LogP contribution in [0.15, 0.2) is 18.7 Å². The Labute approximate surface area is 165 Å². The molecule has 0 radical (unpaired) electrons. The molecular weight excluding hydrogens is 352 g/mol. The second-order valence-corrected chi connectivity index (χ2v) is 7.57. The first-order valence-electron chi connectivity index (χ1n) is 9.99. The van der Waals surface area contributed by atoms with E-state index in [0.717, 1.165) is 61.3 Å². The van der Waals surface area contributed by atoms with Crippen LogP contribution in [0.3, 0.4) is 0 Å². The second-order valence-electron chi connectivity index (χ2n) is 7.57. The average molecular weight is 381 g/mol. The van der Waals surface area contributed by atoms with E-state index >= 15 is 0 Å². The van der Waals surface area contributed by atoms with Crippen molar-refractivity contribution in [3.8, 4) is 0 Å². The van der Waals surface area contributed by atoms with Gasteiger partial charge in [0.25, 0.3) is 0 Å². The summed E-state index contributed by atoms with van der Waals surface area (Å²) in [7, 11) is 2.07. The highest BCUT2D eigenvalue weighted by molar-refractivity contribution is 5.50. The maximum atomic E-state index is 4.80. The van der Waals surface area contributed by atoms with Crippen LogP contribution >= 0.6 is 0 Å². The fraction of sp³-hybridized carbons (Fsp3) is 0.550. The van der Waals surface area contributed by atoms with Gasteiger partial charge in [0.15, 0.2) is 5.82 Å². The molecule has 1 atom stereocenters. The third-order valence-electron chi connectivity index (χ3n) is 5.63. The number of imidazole rings is 1. The first-order valence-corrected chi connectivity index (χ1v) is 9.99. The summed E-state index contributed by atoms with van der Waals surface area (Å²) in [6, 6.07) is 0. The highest BCUT2D eigenvalue weighted by atomic mass is 15.3. The molecule has 0 amide bonds. The van der Waals surface area contributed by atoms with E-state index in [0.29, 0.717) is 12.5 Å². The number of hydrogen-bond donors (Lipinski definition) is 0. The summed E-state index contributed by atoms with van der Waals surface area (Å²) in [5, 5.41) is 8.99. The normalized spacial score (nSPS) is 17.3. The van der Waals surface area contributed by atoms with Crippen molar-refractivity contribution in [2.75, 3.05) is 18.0 Å². The van der Waals surface area contributed by atoms with E-state index in [-0.39, 0.29) is 0 Å². The minimum Gasteiger partial charge on any atom is -0.356 e. The number of hydrogen-bond acceptors (Lipinski definition) is 6. The molecule has 1 aliphatic heterocycles. The van der Waals surface area contributed by atoms with Crippen molar-refractivity contribution in [1.29, 1.82) is 0 Å². The predicted octanol–water partition coefficient (Wildman–Crippen LogP) is 2.41. The first-order chi connectivity index (χ1) is 13.6. The van der Waals surface area contributed by atoms with Crippen molar-refractivity contribution in [2.45, 2.75) is 52.5 Å². The van der Waals surface area contributed by atoms with E-state index in [1.165, 1.54) is 5.56 Å². The van der Waals surface area contributed by atoms with Gasteiger partial charge >= 0.3 is 0 Å². The Kier molecular flexibility index (Phi) is 5.11. The molecule has 0 saturated carbocycles. The highest BCUT2D eigenvalue weighted by Crippen LogP contribution is 2.31. The SMILES string of the molecule is CCc1c(C)nc(C)nc1N1CCC[C@H](c2nnc(Cn3ccnc3)n2C)C1. The summed E-state index contributed by atoms with van der Waals surface area (Å²) in [5.74, 6) is 4.29. The lowest BCUT2D eigenvalue weighted by Crippen LogP contribution is -2.37. The first kappa shape index (κ1) is 18.6. The van der Waals surface area contributed by atoms with Crippen LogP contribution < -0.4 is 4.90 Å². The largest absolute Gasteiger partial charge is 0.356 e. The fourth-order valence-corrected chi connectivity index (χ4v) is 4.19. The van der Waals surface area contributed by atoms with Gasteiger partial charge in [-0.05, 0) is 33.1 Å². The van der Waals surface area contributed by atoms with Crippen LogP contribution in [0, 0.1) is 13.8 Å². The Hall–Kier alpha value is -2.77. The Morgan fingerprint density at radius 2 is 2.04 bits per heavy atom. The summed E-state index contributed by atoms with van der Waals surface area (Å²) < 4.78 is 4.16. The van der Waals surface area contributed by atoms with Gasteiger partial charge in [0.2, 0.25) is 0 Å². The van der Waals surface area contributed by atoms with Gasteiger partial charge in [-0.2, -0.15) is 0 Å². The number of piperidine rings is 1. The number of nitrogens with zero attached hydrogens (tertiary/aromatic N) is 8. The Morgan fingerprint density at radius 3 is 2.79 bits per heavy atom. The summed E-state index contributed by atoms with van der Waals surface area (Å²) in [6.07, 6.45) is 8.73. The van der Waals surface area contributed by atoms with Crippen molar-refractivity contribution >= 4 is 5.82 Å². The minimum absolute atomic E-state index is 0.350. The average Bonchev–Trinajstić information content (AvgIpc) is 3.32. The Balaban J connectivity index is 1.58. The van der Waals surface area contributed by atoms with E-state index in [1.807, 2.05) is 24.0 Å². The van der Waals surface area contributed by atoms with Crippen LogP contribution in [0.1, 0.15) is 54.4 Å². The van der Waals surface area contributed by atoms with Gasteiger partial charge in [-0.1, -0.05) is 6.92 Å². The minimum atomic E-state index is 0.350. The van der Waals surface area contributed by atoms with Crippen molar-refractivity contribution in [1.82, 2.24) is 34.3 Å². The molecule has 3 aromatic rings. The third kappa shape index (κ3) is 3.50. The molecule has 28 heavy (non-hydrogen) atoms. The van der Waals surface area contributed by atoms with E-state index in [2.05, 4.69) is 50.5 Å². The summed E-state index contributed by atoms with van der Waals surface area (Å²) in [6.45, 7) is 8.87. The zero-order chi connectivity index (χ0) is 19.7. The zero-order valence-corrected chi connectivity index (χ0v) is 17.1. The van der Waals surface area contributed by atoms with Gasteiger partial charge < -0.3 is 14.0 Å². The van der Waals surface area contributed by atoms with Gasteiger partial charge in [-0.25, -0.2) is 15.0 Å². The van der Waals surface area contributed by atoms with Gasteiger partial charge in [0.05, 0.1) is 12.9 Å². The fourth-order valence-electron chi connectivity index (χ4n) is 4.19. The summed E-state index contributed by atoms with van der Waals surface area (Å²) in [4.78, 5) is 15.9. The molecule has 3 aromatic heterocycles. The maximum Gasteiger partial charge on any atom is 0.152 e. The van der Waals surface area contributed by atoms with E-state index < -0.39 is 0 Å². The van der Waals surface area contributed by atoms with Crippen molar-refractivity contribution in [3.05, 3.63) is 47.5 Å². The molecule has 1 aliphatic rings. The van der Waals surface area contributed by atoms with Gasteiger partial charge in [-0.3, -0.25) is 0 Å². The smallest absolute Gasteiger partial charge is 0.152 e. The van der Waals surface area contributed by atoms with Gasteiger partial charge in [0.1, 0.15) is 17.5 Å². The lowest BCUT2D eigenvalue weighted by Gasteiger charge is -2.34. The highest BCUT2D eigenvalue weighted by Gasteiger charge is 2.28. The molecule has 0 unspecified atom stereocenters. The van der Waals surface area contributed by atoms with Crippen LogP contribution in [-0.4, -0.2) is 47.4 Å². The predicted molar refractivity (Wildman–Crippen MR) is 107 cm³/mol. The molecule has 4 heterocycles. The molecule has 0 N–H and O–H groups in total. The van der Waals surface area contributed by atoms with Crippen molar-refractivity contribution in [3.63, 3.8) is 0 Å². The molecule has 1 fully saturated rings. The molecule has 8 nitrogen and oxygen atoms in total. The summed E-state index contributed by atoms with van der Waals surface area (Å²) in [5.41, 5.74) is 2.35. The number of aryl methyl sites for hydroxylation is 2. The molecule has 4 rings (SSSR count). The maximum absolute atomic E-state index is 4.80. The van der Waals surface area contributed by atoms with Crippen LogP contribution in [0.25, 0.3) is 0 Å². The monoisotopic (exact) mass is 380 g/mol. The summed E-state index contributed by atoms with van der Waals surface area (Å²) >= 11 is 0. The van der Waals surface area contributed by atoms with E-state index in [9.17, 15) is 0 Å². The number of rotatable bonds is 5. The molecule has 0 aliphatic carbocycles. The molecule has 148 valence electrons. The lowest BCUT2D eigenvalue weighted by molar-refractivity contribution is 0.474.